The second-order valence-corrected chi connectivity index (χ2v) is 4.85. The zero-order valence-corrected chi connectivity index (χ0v) is 11.9. The molecular weight excluding hydrogens is 258 g/mol. The summed E-state index contributed by atoms with van der Waals surface area (Å²) < 4.78 is 16.2. The van der Waals surface area contributed by atoms with Crippen LogP contribution in [0.15, 0.2) is 24.3 Å². The van der Waals surface area contributed by atoms with E-state index in [-0.39, 0.29) is 24.7 Å². The first-order valence-electron chi connectivity index (χ1n) is 6.87. The molecule has 2 atom stereocenters. The van der Waals surface area contributed by atoms with Crippen molar-refractivity contribution in [3.05, 3.63) is 24.3 Å². The van der Waals surface area contributed by atoms with Gasteiger partial charge in [0, 0.05) is 6.61 Å². The normalized spacial score (nSPS) is 19.4. The quantitative estimate of drug-likeness (QED) is 0.862. The molecule has 20 heavy (non-hydrogen) atoms. The van der Waals surface area contributed by atoms with Gasteiger partial charge in [0.15, 0.2) is 18.1 Å². The Morgan fingerprint density at radius 3 is 2.85 bits per heavy atom. The van der Waals surface area contributed by atoms with Crippen molar-refractivity contribution in [2.24, 2.45) is 0 Å². The van der Waals surface area contributed by atoms with Gasteiger partial charge in [0.1, 0.15) is 0 Å². The van der Waals surface area contributed by atoms with Gasteiger partial charge in [-0.05, 0) is 31.9 Å². The molecule has 1 amide bonds. The molecule has 0 spiro atoms. The molecule has 5 nitrogen and oxygen atoms in total. The topological polar surface area (TPSA) is 56.8 Å². The number of carbonyl (C=O) groups excluding carboxylic acids is 1. The van der Waals surface area contributed by atoms with E-state index in [1.807, 2.05) is 19.1 Å². The summed E-state index contributed by atoms with van der Waals surface area (Å²) in [5.74, 6) is 1.03. The van der Waals surface area contributed by atoms with E-state index in [1.165, 1.54) is 0 Å². The fourth-order valence-electron chi connectivity index (χ4n) is 2.27. The monoisotopic (exact) mass is 279 g/mol. The predicted octanol–water partition coefficient (Wildman–Crippen LogP) is 1.76. The minimum atomic E-state index is -0.154. The summed E-state index contributed by atoms with van der Waals surface area (Å²) in [6.07, 6.45) is 2.17. The van der Waals surface area contributed by atoms with Gasteiger partial charge in [-0.1, -0.05) is 12.1 Å². The van der Waals surface area contributed by atoms with E-state index < -0.39 is 0 Å². The molecular formula is C15H21NO4. The van der Waals surface area contributed by atoms with Gasteiger partial charge >= 0.3 is 0 Å². The average Bonchev–Trinajstić information content (AvgIpc) is 2.99. The molecule has 1 aromatic carbocycles. The number of rotatable bonds is 6. The summed E-state index contributed by atoms with van der Waals surface area (Å²) in [5, 5.41) is 2.90. The molecule has 1 N–H and O–H groups in total. The fraction of sp³-hybridized carbons (Fsp3) is 0.533. The van der Waals surface area contributed by atoms with E-state index in [0.717, 1.165) is 19.4 Å². The van der Waals surface area contributed by atoms with Gasteiger partial charge in [0.2, 0.25) is 0 Å². The molecule has 2 rings (SSSR count). The number of para-hydroxylation sites is 2. The van der Waals surface area contributed by atoms with Crippen molar-refractivity contribution in [1.82, 2.24) is 5.32 Å². The Bertz CT molecular complexity index is 443. The second kappa shape index (κ2) is 7.14. The van der Waals surface area contributed by atoms with Crippen LogP contribution < -0.4 is 14.8 Å². The second-order valence-electron chi connectivity index (χ2n) is 4.85. The van der Waals surface area contributed by atoms with Gasteiger partial charge in [-0.15, -0.1) is 0 Å². The van der Waals surface area contributed by atoms with Crippen LogP contribution in [0.3, 0.4) is 0 Å². The molecule has 0 aromatic heterocycles. The summed E-state index contributed by atoms with van der Waals surface area (Å²) in [4.78, 5) is 11.9. The highest BCUT2D eigenvalue weighted by Gasteiger charge is 2.23. The van der Waals surface area contributed by atoms with Crippen LogP contribution in [0.4, 0.5) is 0 Å². The van der Waals surface area contributed by atoms with E-state index in [1.54, 1.807) is 19.2 Å². The van der Waals surface area contributed by atoms with Crippen molar-refractivity contribution >= 4 is 5.91 Å². The molecule has 0 bridgehead atoms. The minimum absolute atomic E-state index is 0.00580. The maximum Gasteiger partial charge on any atom is 0.258 e. The van der Waals surface area contributed by atoms with Crippen LogP contribution in [0.1, 0.15) is 19.8 Å². The van der Waals surface area contributed by atoms with E-state index in [4.69, 9.17) is 14.2 Å². The first-order chi connectivity index (χ1) is 9.70. The van der Waals surface area contributed by atoms with Gasteiger partial charge in [0.05, 0.1) is 19.3 Å². The highest BCUT2D eigenvalue weighted by Crippen LogP contribution is 2.25. The summed E-state index contributed by atoms with van der Waals surface area (Å²) in [5.41, 5.74) is 0. The van der Waals surface area contributed by atoms with Crippen molar-refractivity contribution in [2.45, 2.75) is 31.9 Å². The number of carbonyl (C=O) groups is 1. The largest absolute Gasteiger partial charge is 0.493 e. The molecule has 1 aliphatic rings. The van der Waals surface area contributed by atoms with E-state index in [9.17, 15) is 4.79 Å². The lowest BCUT2D eigenvalue weighted by atomic mass is 10.1. The summed E-state index contributed by atoms with van der Waals surface area (Å²) in [6, 6.07) is 7.26. The standard InChI is InChI=1S/C15H21NO4/c1-11(12-8-5-9-19-12)16-15(17)10-20-14-7-4-3-6-13(14)18-2/h3-4,6-7,11-12H,5,8-10H2,1-2H3,(H,16,17). The Kier molecular flexibility index (Phi) is 5.24. The SMILES string of the molecule is COc1ccccc1OCC(=O)NC(C)C1CCCO1. The third-order valence-electron chi connectivity index (χ3n) is 3.34. The van der Waals surface area contributed by atoms with Gasteiger partial charge in [-0.3, -0.25) is 4.79 Å². The summed E-state index contributed by atoms with van der Waals surface area (Å²) in [6.45, 7) is 2.71. The number of benzene rings is 1. The van der Waals surface area contributed by atoms with Crippen LogP contribution >= 0.6 is 0 Å². The van der Waals surface area contributed by atoms with E-state index in [2.05, 4.69) is 5.32 Å². The van der Waals surface area contributed by atoms with Gasteiger partial charge in [-0.25, -0.2) is 0 Å². The minimum Gasteiger partial charge on any atom is -0.493 e. The van der Waals surface area contributed by atoms with Crippen LogP contribution in [0.2, 0.25) is 0 Å². The zero-order chi connectivity index (χ0) is 14.4. The third-order valence-corrected chi connectivity index (χ3v) is 3.34. The summed E-state index contributed by atoms with van der Waals surface area (Å²) >= 11 is 0. The van der Waals surface area contributed by atoms with Crippen molar-refractivity contribution in [2.75, 3.05) is 20.3 Å². The maximum atomic E-state index is 11.9. The molecule has 2 unspecified atom stereocenters. The van der Waals surface area contributed by atoms with Crippen LogP contribution in [0, 0.1) is 0 Å². The Morgan fingerprint density at radius 1 is 1.45 bits per heavy atom. The number of hydrogen-bond acceptors (Lipinski definition) is 4. The lowest BCUT2D eigenvalue weighted by molar-refractivity contribution is -0.124. The van der Waals surface area contributed by atoms with Crippen molar-refractivity contribution in [3.63, 3.8) is 0 Å². The highest BCUT2D eigenvalue weighted by atomic mass is 16.5. The number of methoxy groups -OCH3 is 1. The molecule has 1 heterocycles. The molecule has 110 valence electrons. The average molecular weight is 279 g/mol. The molecule has 1 aromatic rings. The van der Waals surface area contributed by atoms with Crippen molar-refractivity contribution in [3.8, 4) is 11.5 Å². The Hall–Kier alpha value is -1.75. The number of hydrogen-bond donors (Lipinski definition) is 1. The Labute approximate surface area is 119 Å². The number of nitrogens with one attached hydrogen (secondary N) is 1. The van der Waals surface area contributed by atoms with Crippen LogP contribution in [-0.4, -0.2) is 38.4 Å². The molecule has 1 aliphatic heterocycles. The lowest BCUT2D eigenvalue weighted by Gasteiger charge is -2.20. The van der Waals surface area contributed by atoms with Crippen LogP contribution in [0.25, 0.3) is 0 Å². The maximum absolute atomic E-state index is 11.9. The molecule has 1 fully saturated rings. The first kappa shape index (κ1) is 14.7. The first-order valence-corrected chi connectivity index (χ1v) is 6.87. The van der Waals surface area contributed by atoms with Crippen LogP contribution in [-0.2, 0) is 9.53 Å². The van der Waals surface area contributed by atoms with Crippen molar-refractivity contribution in [1.29, 1.82) is 0 Å². The molecule has 0 radical (unpaired) electrons. The van der Waals surface area contributed by atoms with Crippen LogP contribution in [0.5, 0.6) is 11.5 Å². The summed E-state index contributed by atoms with van der Waals surface area (Å²) in [7, 11) is 1.57. The van der Waals surface area contributed by atoms with Gasteiger partial charge < -0.3 is 19.5 Å². The smallest absolute Gasteiger partial charge is 0.258 e. The van der Waals surface area contributed by atoms with E-state index >= 15 is 0 Å². The highest BCUT2D eigenvalue weighted by molar-refractivity contribution is 5.78. The van der Waals surface area contributed by atoms with E-state index in [0.29, 0.717) is 11.5 Å². The molecule has 1 saturated heterocycles. The molecule has 5 heteroatoms. The van der Waals surface area contributed by atoms with Crippen molar-refractivity contribution < 1.29 is 19.0 Å². The number of ether oxygens (including phenoxy) is 3. The fourth-order valence-corrected chi connectivity index (χ4v) is 2.27. The number of amides is 1. The molecule has 0 aliphatic carbocycles. The third kappa shape index (κ3) is 3.87. The zero-order valence-electron chi connectivity index (χ0n) is 11.9. The lowest BCUT2D eigenvalue weighted by Crippen LogP contribution is -2.42. The molecule has 0 saturated carbocycles. The predicted molar refractivity (Wildman–Crippen MR) is 75.1 cm³/mol. The Balaban J connectivity index is 1.79. The van der Waals surface area contributed by atoms with Gasteiger partial charge in [-0.2, -0.15) is 0 Å². The van der Waals surface area contributed by atoms with Gasteiger partial charge in [0.25, 0.3) is 5.91 Å². The Morgan fingerprint density at radius 2 is 2.20 bits per heavy atom.